The fourth-order valence-corrected chi connectivity index (χ4v) is 1.31. The number of hydrogen-bond donors (Lipinski definition) is 0. The molecular weight excluding hydrogens is 217 g/mol. The standard InChI is InChI=1S/C11H7F3N2/c12-9-8(15-10(13)11(14)16-9)6-7-4-2-1-3-5-7/h1-5H,6H2. The van der Waals surface area contributed by atoms with Crippen LogP contribution in [0.4, 0.5) is 13.2 Å². The second-order valence-electron chi connectivity index (χ2n) is 3.21. The van der Waals surface area contributed by atoms with Crippen LogP contribution >= 0.6 is 0 Å². The van der Waals surface area contributed by atoms with E-state index < -0.39 is 17.8 Å². The van der Waals surface area contributed by atoms with E-state index in [0.29, 0.717) is 0 Å². The predicted molar refractivity (Wildman–Crippen MR) is 51.2 cm³/mol. The van der Waals surface area contributed by atoms with Gasteiger partial charge in [0.1, 0.15) is 5.69 Å². The molecule has 0 radical (unpaired) electrons. The Hall–Kier alpha value is -1.91. The van der Waals surface area contributed by atoms with Crippen LogP contribution in [-0.4, -0.2) is 9.97 Å². The van der Waals surface area contributed by atoms with Crippen LogP contribution in [0.3, 0.4) is 0 Å². The first-order valence-corrected chi connectivity index (χ1v) is 4.58. The summed E-state index contributed by atoms with van der Waals surface area (Å²) < 4.78 is 38.4. The molecule has 2 rings (SSSR count). The number of hydrogen-bond acceptors (Lipinski definition) is 2. The van der Waals surface area contributed by atoms with E-state index in [1.807, 2.05) is 0 Å². The molecular formula is C11H7F3N2. The zero-order chi connectivity index (χ0) is 11.5. The van der Waals surface area contributed by atoms with Crippen molar-refractivity contribution in [3.63, 3.8) is 0 Å². The fourth-order valence-electron chi connectivity index (χ4n) is 1.31. The molecule has 0 aliphatic carbocycles. The van der Waals surface area contributed by atoms with Gasteiger partial charge in [-0.25, -0.2) is 4.98 Å². The molecule has 2 aromatic rings. The molecule has 0 aliphatic rings. The average Bonchev–Trinajstić information content (AvgIpc) is 2.27. The fraction of sp³-hybridized carbons (Fsp3) is 0.0909. The van der Waals surface area contributed by atoms with E-state index in [2.05, 4.69) is 9.97 Å². The highest BCUT2D eigenvalue weighted by molar-refractivity contribution is 5.20. The molecule has 0 N–H and O–H groups in total. The molecule has 0 amide bonds. The molecule has 16 heavy (non-hydrogen) atoms. The highest BCUT2D eigenvalue weighted by atomic mass is 19.2. The number of aromatic nitrogens is 2. The first-order chi connectivity index (χ1) is 7.66. The van der Waals surface area contributed by atoms with Crippen molar-refractivity contribution in [2.75, 3.05) is 0 Å². The maximum absolute atomic E-state index is 13.1. The maximum Gasteiger partial charge on any atom is 0.271 e. The van der Waals surface area contributed by atoms with Crippen LogP contribution in [0.25, 0.3) is 0 Å². The lowest BCUT2D eigenvalue weighted by Crippen LogP contribution is -2.05. The van der Waals surface area contributed by atoms with Gasteiger partial charge in [-0.1, -0.05) is 30.3 Å². The van der Waals surface area contributed by atoms with Crippen molar-refractivity contribution in [1.29, 1.82) is 0 Å². The molecule has 1 aromatic carbocycles. The van der Waals surface area contributed by atoms with Crippen LogP contribution < -0.4 is 0 Å². The molecule has 0 fully saturated rings. The van der Waals surface area contributed by atoms with Crippen molar-refractivity contribution in [2.45, 2.75) is 6.42 Å². The average molecular weight is 224 g/mol. The van der Waals surface area contributed by atoms with Crippen molar-refractivity contribution in [1.82, 2.24) is 9.97 Å². The molecule has 0 saturated carbocycles. The molecule has 5 heteroatoms. The lowest BCUT2D eigenvalue weighted by atomic mass is 10.1. The lowest BCUT2D eigenvalue weighted by molar-refractivity contribution is 0.413. The summed E-state index contributed by atoms with van der Waals surface area (Å²) in [7, 11) is 0. The topological polar surface area (TPSA) is 25.8 Å². The zero-order valence-electron chi connectivity index (χ0n) is 8.12. The normalized spacial score (nSPS) is 10.4. The molecule has 0 saturated heterocycles. The van der Waals surface area contributed by atoms with E-state index in [9.17, 15) is 13.2 Å². The van der Waals surface area contributed by atoms with Crippen LogP contribution in [0, 0.1) is 17.8 Å². The molecule has 2 nitrogen and oxygen atoms in total. The van der Waals surface area contributed by atoms with Crippen LogP contribution in [0.15, 0.2) is 30.3 Å². The van der Waals surface area contributed by atoms with Crippen molar-refractivity contribution in [2.24, 2.45) is 0 Å². The van der Waals surface area contributed by atoms with Crippen LogP contribution in [0.5, 0.6) is 0 Å². The SMILES string of the molecule is Fc1nc(F)c(Cc2ccccc2)nc1F. The Morgan fingerprint density at radius 1 is 0.812 bits per heavy atom. The summed E-state index contributed by atoms with van der Waals surface area (Å²) in [4.78, 5) is 5.99. The monoisotopic (exact) mass is 224 g/mol. The number of halogens is 3. The van der Waals surface area contributed by atoms with Gasteiger partial charge in [0.15, 0.2) is 0 Å². The Kier molecular flexibility index (Phi) is 2.85. The Bertz CT molecular complexity index is 500. The van der Waals surface area contributed by atoms with E-state index in [4.69, 9.17) is 0 Å². The minimum absolute atomic E-state index is 0.0802. The first kappa shape index (κ1) is 10.6. The van der Waals surface area contributed by atoms with Gasteiger partial charge >= 0.3 is 0 Å². The van der Waals surface area contributed by atoms with Crippen molar-refractivity contribution in [3.05, 3.63) is 59.4 Å². The van der Waals surface area contributed by atoms with Gasteiger partial charge in [-0.3, -0.25) is 0 Å². The summed E-state index contributed by atoms with van der Waals surface area (Å²) in [6.45, 7) is 0. The molecule has 0 unspecified atom stereocenters. The highest BCUT2D eigenvalue weighted by Crippen LogP contribution is 2.11. The second kappa shape index (κ2) is 4.30. The summed E-state index contributed by atoms with van der Waals surface area (Å²) in [5.41, 5.74) is 0.548. The third-order valence-corrected chi connectivity index (χ3v) is 2.05. The van der Waals surface area contributed by atoms with Gasteiger partial charge in [0.05, 0.1) is 0 Å². The molecule has 1 aromatic heterocycles. The molecule has 0 atom stereocenters. The van der Waals surface area contributed by atoms with E-state index in [-0.39, 0.29) is 12.1 Å². The predicted octanol–water partition coefficient (Wildman–Crippen LogP) is 2.48. The Morgan fingerprint density at radius 2 is 1.44 bits per heavy atom. The molecule has 0 spiro atoms. The molecule has 0 aliphatic heterocycles. The minimum atomic E-state index is -1.52. The van der Waals surface area contributed by atoms with Crippen molar-refractivity contribution < 1.29 is 13.2 Å². The Morgan fingerprint density at radius 3 is 2.12 bits per heavy atom. The van der Waals surface area contributed by atoms with Gasteiger partial charge in [-0.2, -0.15) is 18.2 Å². The highest BCUT2D eigenvalue weighted by Gasteiger charge is 2.13. The first-order valence-electron chi connectivity index (χ1n) is 4.58. The lowest BCUT2D eigenvalue weighted by Gasteiger charge is -2.02. The number of nitrogens with zero attached hydrogens (tertiary/aromatic N) is 2. The Balaban J connectivity index is 2.32. The van der Waals surface area contributed by atoms with E-state index in [1.54, 1.807) is 30.3 Å². The number of rotatable bonds is 2. The Labute approximate surface area is 89.8 Å². The van der Waals surface area contributed by atoms with E-state index >= 15 is 0 Å². The van der Waals surface area contributed by atoms with Crippen molar-refractivity contribution >= 4 is 0 Å². The third kappa shape index (κ3) is 2.18. The van der Waals surface area contributed by atoms with Crippen LogP contribution in [0.1, 0.15) is 11.3 Å². The molecule has 0 bridgehead atoms. The summed E-state index contributed by atoms with van der Waals surface area (Å²) in [6.07, 6.45) is 0.0802. The van der Waals surface area contributed by atoms with E-state index in [1.165, 1.54) is 0 Å². The van der Waals surface area contributed by atoms with Crippen LogP contribution in [-0.2, 0) is 6.42 Å². The van der Waals surface area contributed by atoms with Gasteiger partial charge in [0.25, 0.3) is 11.9 Å². The molecule has 1 heterocycles. The second-order valence-corrected chi connectivity index (χ2v) is 3.21. The zero-order valence-corrected chi connectivity index (χ0v) is 8.12. The number of benzene rings is 1. The summed E-state index contributed by atoms with van der Waals surface area (Å²) in [5.74, 6) is -3.98. The third-order valence-electron chi connectivity index (χ3n) is 2.05. The summed E-state index contributed by atoms with van der Waals surface area (Å²) in [6, 6.07) is 8.81. The molecule has 82 valence electrons. The largest absolute Gasteiger partial charge is 0.271 e. The van der Waals surface area contributed by atoms with Crippen molar-refractivity contribution in [3.8, 4) is 0 Å². The van der Waals surface area contributed by atoms with Gasteiger partial charge in [-0.05, 0) is 5.56 Å². The quantitative estimate of drug-likeness (QED) is 0.783. The van der Waals surface area contributed by atoms with Gasteiger partial charge < -0.3 is 0 Å². The van der Waals surface area contributed by atoms with Gasteiger partial charge in [0.2, 0.25) is 5.95 Å². The minimum Gasteiger partial charge on any atom is -0.216 e. The summed E-state index contributed by atoms with van der Waals surface area (Å²) in [5, 5.41) is 0. The van der Waals surface area contributed by atoms with Gasteiger partial charge in [0, 0.05) is 6.42 Å². The summed E-state index contributed by atoms with van der Waals surface area (Å²) >= 11 is 0. The maximum atomic E-state index is 13.1. The van der Waals surface area contributed by atoms with E-state index in [0.717, 1.165) is 5.56 Å². The van der Waals surface area contributed by atoms with Gasteiger partial charge in [-0.15, -0.1) is 0 Å². The smallest absolute Gasteiger partial charge is 0.216 e. The van der Waals surface area contributed by atoms with Crippen LogP contribution in [0.2, 0.25) is 0 Å².